The lowest BCUT2D eigenvalue weighted by atomic mass is 9.92. The zero-order valence-electron chi connectivity index (χ0n) is 26.1. The Kier molecular flexibility index (Phi) is 10.0. The molecule has 5 rings (SSSR count). The first-order valence-corrected chi connectivity index (χ1v) is 15.7. The maximum absolute atomic E-state index is 14.0. The number of benzene rings is 3. The van der Waals surface area contributed by atoms with Gasteiger partial charge in [0.25, 0.3) is 5.91 Å². The summed E-state index contributed by atoms with van der Waals surface area (Å²) in [4.78, 5) is 36.2. The molecule has 0 N–H and O–H groups in total. The second-order valence-electron chi connectivity index (χ2n) is 12.4. The molecule has 2 bridgehead atoms. The van der Waals surface area contributed by atoms with Crippen LogP contribution in [-0.4, -0.2) is 67.5 Å². The van der Waals surface area contributed by atoms with Gasteiger partial charge in [0, 0.05) is 75.7 Å². The van der Waals surface area contributed by atoms with Gasteiger partial charge in [0.1, 0.15) is 5.75 Å². The molecule has 2 heterocycles. The van der Waals surface area contributed by atoms with Crippen molar-refractivity contribution in [3.63, 3.8) is 0 Å². The molecule has 43 heavy (non-hydrogen) atoms. The van der Waals surface area contributed by atoms with Crippen molar-refractivity contribution in [3.8, 4) is 5.75 Å². The number of hydrogen-bond acceptors (Lipinski definition) is 5. The van der Waals surface area contributed by atoms with E-state index in [2.05, 4.69) is 41.3 Å². The van der Waals surface area contributed by atoms with Crippen molar-refractivity contribution >= 4 is 23.2 Å². The normalized spacial score (nSPS) is 19.4. The Morgan fingerprint density at radius 2 is 1.65 bits per heavy atom. The van der Waals surface area contributed by atoms with E-state index in [4.69, 9.17) is 4.74 Å². The van der Waals surface area contributed by atoms with Crippen molar-refractivity contribution in [1.29, 1.82) is 0 Å². The average molecular weight is 583 g/mol. The number of nitrogens with zero attached hydrogens (tertiary/aromatic N) is 4. The van der Waals surface area contributed by atoms with Gasteiger partial charge in [-0.1, -0.05) is 74.9 Å². The quantitative estimate of drug-likeness (QED) is 0.343. The summed E-state index contributed by atoms with van der Waals surface area (Å²) in [6.45, 7) is 6.43. The Hall–Kier alpha value is -3.84. The van der Waals surface area contributed by atoms with Gasteiger partial charge in [0.15, 0.2) is 6.61 Å². The zero-order valence-corrected chi connectivity index (χ0v) is 26.1. The molecule has 3 aromatic rings. The second kappa shape index (κ2) is 14.1. The van der Waals surface area contributed by atoms with E-state index >= 15 is 0 Å². The molecule has 1 saturated heterocycles. The lowest BCUT2D eigenvalue weighted by molar-refractivity contribution is -0.135. The number of ether oxygens (including phenoxy) is 1. The van der Waals surface area contributed by atoms with Crippen LogP contribution < -0.4 is 14.5 Å². The summed E-state index contributed by atoms with van der Waals surface area (Å²) in [7, 11) is 3.98. The predicted octanol–water partition coefficient (Wildman–Crippen LogP) is 5.98. The van der Waals surface area contributed by atoms with Gasteiger partial charge in [-0.2, -0.15) is 0 Å². The van der Waals surface area contributed by atoms with E-state index < -0.39 is 0 Å². The molecule has 7 heteroatoms. The van der Waals surface area contributed by atoms with Gasteiger partial charge >= 0.3 is 0 Å². The molecule has 0 radical (unpaired) electrons. The highest BCUT2D eigenvalue weighted by Crippen LogP contribution is 2.32. The number of para-hydroxylation sites is 1. The third-order valence-corrected chi connectivity index (χ3v) is 8.79. The maximum atomic E-state index is 14.0. The number of piperidine rings is 1. The van der Waals surface area contributed by atoms with Crippen LogP contribution in [0.1, 0.15) is 50.7 Å². The summed E-state index contributed by atoms with van der Waals surface area (Å²) in [5.74, 6) is 0.625. The van der Waals surface area contributed by atoms with E-state index in [-0.39, 0.29) is 30.4 Å². The summed E-state index contributed by atoms with van der Waals surface area (Å²) < 4.78 is 6.07. The first-order chi connectivity index (χ1) is 20.8. The minimum Gasteiger partial charge on any atom is -0.484 e. The molecule has 2 atom stereocenters. The van der Waals surface area contributed by atoms with Gasteiger partial charge in [-0.05, 0) is 48.6 Å². The molecule has 0 saturated carbocycles. The lowest BCUT2D eigenvalue weighted by Gasteiger charge is -2.44. The number of anilines is 2. The molecule has 0 spiro atoms. The number of hydrogen-bond donors (Lipinski definition) is 0. The summed E-state index contributed by atoms with van der Waals surface area (Å²) in [5.41, 5.74) is 4.19. The minimum absolute atomic E-state index is 0.0392. The van der Waals surface area contributed by atoms with Crippen molar-refractivity contribution in [2.75, 3.05) is 43.6 Å². The van der Waals surface area contributed by atoms with Crippen molar-refractivity contribution in [2.45, 2.75) is 64.7 Å². The first kappa shape index (κ1) is 30.6. The van der Waals surface area contributed by atoms with Crippen LogP contribution in [0.2, 0.25) is 0 Å². The molecule has 1 fully saturated rings. The highest BCUT2D eigenvalue weighted by molar-refractivity contribution is 5.95. The number of amides is 2. The first-order valence-electron chi connectivity index (χ1n) is 15.7. The van der Waals surface area contributed by atoms with Crippen LogP contribution in [-0.2, 0) is 22.7 Å². The van der Waals surface area contributed by atoms with E-state index in [1.165, 1.54) is 5.56 Å². The van der Waals surface area contributed by atoms with Gasteiger partial charge in [-0.25, -0.2) is 0 Å². The second-order valence-corrected chi connectivity index (χ2v) is 12.4. The highest BCUT2D eigenvalue weighted by Gasteiger charge is 2.35. The molecule has 2 unspecified atom stereocenters. The van der Waals surface area contributed by atoms with E-state index in [0.717, 1.165) is 49.2 Å². The third kappa shape index (κ3) is 7.57. The van der Waals surface area contributed by atoms with E-state index in [0.29, 0.717) is 31.4 Å². The highest BCUT2D eigenvalue weighted by atomic mass is 16.5. The smallest absolute Gasteiger partial charge is 0.260 e. The molecule has 2 amide bonds. The monoisotopic (exact) mass is 582 g/mol. The summed E-state index contributed by atoms with van der Waals surface area (Å²) >= 11 is 0. The summed E-state index contributed by atoms with van der Waals surface area (Å²) in [6.07, 6.45) is 4.14. The van der Waals surface area contributed by atoms with Crippen molar-refractivity contribution in [3.05, 3.63) is 90.0 Å². The Bertz CT molecular complexity index is 1380. The van der Waals surface area contributed by atoms with Gasteiger partial charge in [0.2, 0.25) is 5.91 Å². The predicted molar refractivity (Wildman–Crippen MR) is 173 cm³/mol. The van der Waals surface area contributed by atoms with Crippen molar-refractivity contribution in [1.82, 2.24) is 9.80 Å². The van der Waals surface area contributed by atoms with Crippen LogP contribution in [0, 0.1) is 5.92 Å². The maximum Gasteiger partial charge on any atom is 0.260 e. The Balaban J connectivity index is 1.48. The van der Waals surface area contributed by atoms with Crippen LogP contribution >= 0.6 is 0 Å². The molecular formula is C36H46N4O3. The molecule has 3 aromatic carbocycles. The van der Waals surface area contributed by atoms with Crippen LogP contribution in [0.5, 0.6) is 5.75 Å². The fourth-order valence-electron chi connectivity index (χ4n) is 6.43. The van der Waals surface area contributed by atoms with Crippen LogP contribution in [0.3, 0.4) is 0 Å². The number of carbonyl (C=O) groups is 2. The Morgan fingerprint density at radius 1 is 0.907 bits per heavy atom. The molecule has 7 nitrogen and oxygen atoms in total. The Morgan fingerprint density at radius 3 is 2.42 bits per heavy atom. The summed E-state index contributed by atoms with van der Waals surface area (Å²) in [5, 5.41) is 0. The van der Waals surface area contributed by atoms with E-state index in [1.54, 1.807) is 0 Å². The van der Waals surface area contributed by atoms with Gasteiger partial charge in [0.05, 0.1) is 0 Å². The number of carbonyl (C=O) groups excluding carboxylic acids is 2. The number of fused-ring (bicyclic) bond motifs is 3. The lowest BCUT2D eigenvalue weighted by Crippen LogP contribution is -2.52. The topological polar surface area (TPSA) is 56.3 Å². The molecular weight excluding hydrogens is 536 g/mol. The van der Waals surface area contributed by atoms with Crippen molar-refractivity contribution in [2.24, 2.45) is 5.92 Å². The fourth-order valence-corrected chi connectivity index (χ4v) is 6.43. The molecule has 0 aliphatic carbocycles. The largest absolute Gasteiger partial charge is 0.484 e. The van der Waals surface area contributed by atoms with Crippen LogP contribution in [0.15, 0.2) is 78.9 Å². The van der Waals surface area contributed by atoms with Crippen molar-refractivity contribution < 1.29 is 14.3 Å². The van der Waals surface area contributed by atoms with Gasteiger partial charge in [-0.3, -0.25) is 14.5 Å². The minimum atomic E-state index is -0.123. The van der Waals surface area contributed by atoms with E-state index in [1.807, 2.05) is 85.1 Å². The van der Waals surface area contributed by atoms with Crippen LogP contribution in [0.25, 0.3) is 0 Å². The fraction of sp³-hybridized carbons (Fsp3) is 0.444. The van der Waals surface area contributed by atoms with Gasteiger partial charge < -0.3 is 19.4 Å². The number of rotatable bonds is 7. The molecule has 2 aliphatic heterocycles. The van der Waals surface area contributed by atoms with Crippen LogP contribution in [0.4, 0.5) is 11.4 Å². The third-order valence-electron chi connectivity index (χ3n) is 8.79. The molecule has 2 aliphatic rings. The standard InChI is InChI=1S/C36H46N4O3/c1-27(2)36(42)39-21-20-30-15-10-17-32(40(30)23-28-12-6-5-7-13-28)25-38(24-29-14-8-9-19-34(29)39)35(41)26-43-33-18-11-16-31(22-33)37(3)4/h5-9,11-14,16,18-19,22,27,30,32H,10,15,17,20-21,23-26H2,1-4H3. The average Bonchev–Trinajstić information content (AvgIpc) is 3.02. The summed E-state index contributed by atoms with van der Waals surface area (Å²) in [6, 6.07) is 27.1. The zero-order chi connectivity index (χ0) is 30.3. The SMILES string of the molecule is CC(C)C(=O)N1CCC2CCCC(CN(C(=O)COc3cccc(N(C)C)c3)Cc3ccccc31)N2Cc1ccccc1. The Labute approximate surface area is 257 Å². The molecule has 0 aromatic heterocycles. The molecule has 228 valence electrons. The van der Waals surface area contributed by atoms with Gasteiger partial charge in [-0.15, -0.1) is 0 Å². The van der Waals surface area contributed by atoms with E-state index in [9.17, 15) is 9.59 Å².